The van der Waals surface area contributed by atoms with Crippen LogP contribution in [0.4, 0.5) is 4.79 Å². The molecule has 98 valence electrons. The molecule has 5 heteroatoms. The fraction of sp³-hybridized carbons (Fsp3) is 0.667. The highest BCUT2D eigenvalue weighted by atomic mass is 16.6. The Balaban J connectivity index is 4.24. The summed E-state index contributed by atoms with van der Waals surface area (Å²) in [6, 6.07) is 0. The number of hydrogen-bond acceptors (Lipinski definition) is 4. The van der Waals surface area contributed by atoms with Gasteiger partial charge in [-0.1, -0.05) is 19.9 Å². The highest BCUT2D eigenvalue weighted by Gasteiger charge is 2.18. The monoisotopic (exact) mass is 243 g/mol. The summed E-state index contributed by atoms with van der Waals surface area (Å²) in [4.78, 5) is 24.1. The molecule has 0 heterocycles. The minimum absolute atomic E-state index is 0.114. The molecule has 0 radical (unpaired) electrons. The molecule has 0 aromatic heterocycles. The second-order valence-electron chi connectivity index (χ2n) is 3.94. The van der Waals surface area contributed by atoms with Crippen molar-refractivity contribution in [2.45, 2.75) is 20.8 Å². The van der Waals surface area contributed by atoms with E-state index in [1.165, 1.54) is 11.0 Å². The van der Waals surface area contributed by atoms with Crippen LogP contribution < -0.4 is 0 Å². The number of carbonyl (C=O) groups excluding carboxylic acids is 2. The Bertz CT molecular complexity index is 263. The molecule has 0 saturated carbocycles. The molecule has 0 atom stereocenters. The predicted molar refractivity (Wildman–Crippen MR) is 64.6 cm³/mol. The molecular weight excluding hydrogens is 222 g/mol. The molecule has 1 amide bonds. The first-order chi connectivity index (χ1) is 8.01. The SMILES string of the molecule is C=CCN(CC(=O)OCC)C(=O)OCC(C)C. The fourth-order valence-electron chi connectivity index (χ4n) is 1.05. The molecule has 0 saturated heterocycles. The van der Waals surface area contributed by atoms with Crippen LogP contribution in [0.25, 0.3) is 0 Å². The summed E-state index contributed by atoms with van der Waals surface area (Å²) in [5, 5.41) is 0. The molecule has 0 rings (SSSR count). The lowest BCUT2D eigenvalue weighted by Crippen LogP contribution is -2.37. The van der Waals surface area contributed by atoms with Crippen molar-refractivity contribution in [2.24, 2.45) is 5.92 Å². The van der Waals surface area contributed by atoms with Crippen LogP contribution in [-0.2, 0) is 14.3 Å². The Morgan fingerprint density at radius 3 is 2.47 bits per heavy atom. The van der Waals surface area contributed by atoms with Gasteiger partial charge in [-0.15, -0.1) is 6.58 Å². The third-order valence-electron chi connectivity index (χ3n) is 1.77. The highest BCUT2D eigenvalue weighted by molar-refractivity contribution is 5.78. The van der Waals surface area contributed by atoms with Gasteiger partial charge in [0.2, 0.25) is 0 Å². The molecule has 5 nitrogen and oxygen atoms in total. The first-order valence-electron chi connectivity index (χ1n) is 5.69. The quantitative estimate of drug-likeness (QED) is 0.505. The van der Waals surface area contributed by atoms with E-state index in [9.17, 15) is 9.59 Å². The molecule has 0 fully saturated rings. The van der Waals surface area contributed by atoms with Gasteiger partial charge in [0, 0.05) is 6.54 Å². The van der Waals surface area contributed by atoms with Crippen LogP contribution in [-0.4, -0.2) is 43.3 Å². The summed E-state index contributed by atoms with van der Waals surface area (Å²) in [6.45, 7) is 9.89. The molecule has 0 aliphatic carbocycles. The van der Waals surface area contributed by atoms with Crippen LogP contribution in [0.2, 0.25) is 0 Å². The minimum Gasteiger partial charge on any atom is -0.465 e. The van der Waals surface area contributed by atoms with E-state index in [-0.39, 0.29) is 19.0 Å². The van der Waals surface area contributed by atoms with Crippen molar-refractivity contribution in [1.29, 1.82) is 0 Å². The topological polar surface area (TPSA) is 55.8 Å². The Labute approximate surface area is 102 Å². The van der Waals surface area contributed by atoms with Crippen molar-refractivity contribution in [3.63, 3.8) is 0 Å². The highest BCUT2D eigenvalue weighted by Crippen LogP contribution is 2.00. The van der Waals surface area contributed by atoms with Crippen LogP contribution in [0, 0.1) is 5.92 Å². The Morgan fingerprint density at radius 1 is 1.35 bits per heavy atom. The summed E-state index contributed by atoms with van der Waals surface area (Å²) >= 11 is 0. The average molecular weight is 243 g/mol. The zero-order valence-electron chi connectivity index (χ0n) is 10.8. The number of rotatable bonds is 7. The van der Waals surface area contributed by atoms with Crippen molar-refractivity contribution in [3.8, 4) is 0 Å². The smallest absolute Gasteiger partial charge is 0.410 e. The van der Waals surface area contributed by atoms with E-state index in [0.29, 0.717) is 13.2 Å². The number of nitrogens with zero attached hydrogens (tertiary/aromatic N) is 1. The summed E-state index contributed by atoms with van der Waals surface area (Å²) in [6.07, 6.45) is 1.02. The lowest BCUT2D eigenvalue weighted by Gasteiger charge is -2.20. The van der Waals surface area contributed by atoms with Crippen LogP contribution in [0.1, 0.15) is 20.8 Å². The summed E-state index contributed by atoms with van der Waals surface area (Å²) in [5.74, 6) is -0.192. The molecular formula is C12H21NO4. The van der Waals surface area contributed by atoms with E-state index in [4.69, 9.17) is 9.47 Å². The van der Waals surface area contributed by atoms with Gasteiger partial charge in [0.25, 0.3) is 0 Å². The number of ether oxygens (including phenoxy) is 2. The maximum absolute atomic E-state index is 11.6. The van der Waals surface area contributed by atoms with E-state index < -0.39 is 12.1 Å². The van der Waals surface area contributed by atoms with Gasteiger partial charge in [-0.3, -0.25) is 9.69 Å². The zero-order chi connectivity index (χ0) is 13.3. The largest absolute Gasteiger partial charge is 0.465 e. The van der Waals surface area contributed by atoms with E-state index in [2.05, 4.69) is 6.58 Å². The molecule has 0 N–H and O–H groups in total. The van der Waals surface area contributed by atoms with E-state index in [1.807, 2.05) is 13.8 Å². The fourth-order valence-corrected chi connectivity index (χ4v) is 1.05. The number of esters is 1. The number of carbonyl (C=O) groups is 2. The first-order valence-corrected chi connectivity index (χ1v) is 5.69. The second kappa shape index (κ2) is 8.61. The maximum atomic E-state index is 11.6. The van der Waals surface area contributed by atoms with E-state index in [0.717, 1.165) is 0 Å². The van der Waals surface area contributed by atoms with Gasteiger partial charge in [-0.2, -0.15) is 0 Å². The van der Waals surface area contributed by atoms with E-state index >= 15 is 0 Å². The van der Waals surface area contributed by atoms with Gasteiger partial charge in [0.15, 0.2) is 0 Å². The van der Waals surface area contributed by atoms with Gasteiger partial charge < -0.3 is 9.47 Å². The van der Waals surface area contributed by atoms with Crippen LogP contribution in [0.15, 0.2) is 12.7 Å². The number of amides is 1. The molecule has 0 aliphatic heterocycles. The third-order valence-corrected chi connectivity index (χ3v) is 1.77. The minimum atomic E-state index is -0.522. The van der Waals surface area contributed by atoms with Crippen molar-refractivity contribution in [2.75, 3.05) is 26.3 Å². The average Bonchev–Trinajstić information content (AvgIpc) is 2.25. The normalized spacial score (nSPS) is 9.88. The van der Waals surface area contributed by atoms with Gasteiger partial charge >= 0.3 is 12.1 Å². The lowest BCUT2D eigenvalue weighted by atomic mass is 10.2. The van der Waals surface area contributed by atoms with Crippen LogP contribution in [0.5, 0.6) is 0 Å². The molecule has 0 aliphatic rings. The van der Waals surface area contributed by atoms with Crippen molar-refractivity contribution < 1.29 is 19.1 Å². The van der Waals surface area contributed by atoms with Gasteiger partial charge in [0.05, 0.1) is 13.2 Å². The van der Waals surface area contributed by atoms with Gasteiger partial charge in [-0.05, 0) is 12.8 Å². The lowest BCUT2D eigenvalue weighted by molar-refractivity contribution is -0.144. The molecule has 17 heavy (non-hydrogen) atoms. The van der Waals surface area contributed by atoms with Gasteiger partial charge in [-0.25, -0.2) is 4.79 Å². The molecule has 0 bridgehead atoms. The molecule has 0 unspecified atom stereocenters. The first kappa shape index (κ1) is 15.5. The Kier molecular flexibility index (Phi) is 7.84. The zero-order valence-corrected chi connectivity index (χ0v) is 10.8. The van der Waals surface area contributed by atoms with Crippen LogP contribution in [0.3, 0.4) is 0 Å². The summed E-state index contributed by atoms with van der Waals surface area (Å²) in [7, 11) is 0. The second-order valence-corrected chi connectivity index (χ2v) is 3.94. The number of hydrogen-bond donors (Lipinski definition) is 0. The molecule has 0 spiro atoms. The maximum Gasteiger partial charge on any atom is 0.410 e. The Morgan fingerprint density at radius 2 is 2.00 bits per heavy atom. The summed E-state index contributed by atoms with van der Waals surface area (Å²) < 4.78 is 9.80. The molecule has 0 aromatic rings. The van der Waals surface area contributed by atoms with Crippen molar-refractivity contribution in [3.05, 3.63) is 12.7 Å². The Hall–Kier alpha value is -1.52. The van der Waals surface area contributed by atoms with E-state index in [1.54, 1.807) is 6.92 Å². The van der Waals surface area contributed by atoms with Gasteiger partial charge in [0.1, 0.15) is 6.54 Å². The van der Waals surface area contributed by atoms with Crippen molar-refractivity contribution >= 4 is 12.1 Å². The van der Waals surface area contributed by atoms with Crippen LogP contribution >= 0.6 is 0 Å². The predicted octanol–water partition coefficient (Wildman–Crippen LogP) is 1.83. The van der Waals surface area contributed by atoms with Crippen molar-refractivity contribution in [1.82, 2.24) is 4.90 Å². The molecule has 0 aromatic carbocycles. The standard InChI is InChI=1S/C12H21NO4/c1-5-7-13(8-11(14)16-6-2)12(15)17-9-10(3)4/h5,10H,1,6-9H2,2-4H3. The summed E-state index contributed by atoms with van der Waals surface area (Å²) in [5.41, 5.74) is 0. The third kappa shape index (κ3) is 7.38.